The highest BCUT2D eigenvalue weighted by Crippen LogP contribution is 2.43. The zero-order valence-corrected chi connectivity index (χ0v) is 36.7. The zero-order valence-electron chi connectivity index (χ0n) is 36.7. The van der Waals surface area contributed by atoms with Crippen LogP contribution in [0.25, 0.3) is 117 Å². The van der Waals surface area contributed by atoms with Gasteiger partial charge in [-0.15, -0.1) is 0 Å². The van der Waals surface area contributed by atoms with E-state index >= 15 is 0 Å². The van der Waals surface area contributed by atoms with E-state index in [0.717, 1.165) is 106 Å². The van der Waals surface area contributed by atoms with E-state index in [9.17, 15) is 0 Å². The Morgan fingerprint density at radius 1 is 0.269 bits per heavy atom. The van der Waals surface area contributed by atoms with Gasteiger partial charge in [-0.25, -0.2) is 9.50 Å². The predicted octanol–water partition coefficient (Wildman–Crippen LogP) is 16.9. The van der Waals surface area contributed by atoms with E-state index in [0.29, 0.717) is 0 Å². The summed E-state index contributed by atoms with van der Waals surface area (Å²) >= 11 is 0. The smallest absolute Gasteiger partial charge is 0.101 e. The van der Waals surface area contributed by atoms with E-state index in [1.807, 2.05) is 0 Å². The van der Waals surface area contributed by atoms with Crippen LogP contribution in [0.4, 0.5) is 0 Å². The van der Waals surface area contributed by atoms with Gasteiger partial charge in [0.25, 0.3) is 0 Å². The molecule has 0 amide bonds. The molecule has 3 aromatic heterocycles. The fourth-order valence-corrected chi connectivity index (χ4v) is 9.46. The zero-order chi connectivity index (χ0) is 44.5. The van der Waals surface area contributed by atoms with Crippen molar-refractivity contribution in [2.75, 3.05) is 0 Å². The third kappa shape index (κ3) is 7.69. The van der Waals surface area contributed by atoms with Gasteiger partial charge in [0.1, 0.15) is 5.69 Å². The van der Waals surface area contributed by atoms with Crippen LogP contribution < -0.4 is 0 Å². The summed E-state index contributed by atoms with van der Waals surface area (Å²) in [4.78, 5) is 5.39. The summed E-state index contributed by atoms with van der Waals surface area (Å²) in [6.45, 7) is 0. The van der Waals surface area contributed by atoms with Gasteiger partial charge >= 0.3 is 0 Å². The lowest BCUT2D eigenvalue weighted by atomic mass is 9.92. The van der Waals surface area contributed by atoms with Gasteiger partial charge in [0.2, 0.25) is 0 Å². The summed E-state index contributed by atoms with van der Waals surface area (Å²) in [7, 11) is 0. The van der Waals surface area contributed by atoms with Crippen LogP contribution >= 0.6 is 0 Å². The topological polar surface area (TPSA) is 30.2 Å². The van der Waals surface area contributed by atoms with Crippen molar-refractivity contribution in [3.8, 4) is 101 Å². The molecule has 0 N–H and O–H groups in total. The Bertz CT molecular complexity index is 3640. The van der Waals surface area contributed by atoms with E-state index in [4.69, 9.17) is 10.1 Å². The van der Waals surface area contributed by atoms with Gasteiger partial charge in [-0.1, -0.05) is 212 Å². The van der Waals surface area contributed by atoms with Gasteiger partial charge in [-0.05, 0) is 104 Å². The van der Waals surface area contributed by atoms with Crippen LogP contribution in [0.5, 0.6) is 0 Å². The summed E-state index contributed by atoms with van der Waals surface area (Å²) in [5.41, 5.74) is 20.6. The minimum absolute atomic E-state index is 0.919. The lowest BCUT2D eigenvalue weighted by Crippen LogP contribution is -1.96. The van der Waals surface area contributed by atoms with Crippen molar-refractivity contribution >= 4 is 16.3 Å². The summed E-state index contributed by atoms with van der Waals surface area (Å²) in [5, 5.41) is 7.76. The number of nitrogens with zero attached hydrogens (tertiary/aromatic N) is 3. The van der Waals surface area contributed by atoms with Gasteiger partial charge in [-0.2, -0.15) is 5.10 Å². The van der Waals surface area contributed by atoms with Crippen LogP contribution in [0.3, 0.4) is 0 Å². The largest absolute Gasteiger partial charge is 0.248 e. The third-order valence-corrected chi connectivity index (χ3v) is 12.8. The Morgan fingerprint density at radius 3 is 1.27 bits per heavy atom. The first-order chi connectivity index (χ1) is 33.2. The first kappa shape index (κ1) is 39.7. The maximum absolute atomic E-state index is 5.46. The monoisotopic (exact) mass is 853 g/mol. The molecule has 12 rings (SSSR count). The van der Waals surface area contributed by atoms with E-state index in [1.54, 1.807) is 0 Å². The Kier molecular flexibility index (Phi) is 10.2. The van der Waals surface area contributed by atoms with Gasteiger partial charge < -0.3 is 0 Å². The van der Waals surface area contributed by atoms with Gasteiger partial charge in [0.05, 0.1) is 22.6 Å². The molecule has 0 aliphatic heterocycles. The Hall–Kier alpha value is -8.92. The Morgan fingerprint density at radius 2 is 0.687 bits per heavy atom. The highest BCUT2D eigenvalue weighted by Gasteiger charge is 2.22. The highest BCUT2D eigenvalue weighted by atomic mass is 15.2. The van der Waals surface area contributed by atoms with Crippen LogP contribution in [0.2, 0.25) is 0 Å². The van der Waals surface area contributed by atoms with E-state index < -0.39 is 0 Å². The molecule has 12 aromatic rings. The fourth-order valence-electron chi connectivity index (χ4n) is 9.46. The molecule has 3 heterocycles. The molecule has 0 saturated heterocycles. The van der Waals surface area contributed by atoms with Crippen LogP contribution in [0, 0.1) is 0 Å². The molecule has 3 heteroatoms. The lowest BCUT2D eigenvalue weighted by molar-refractivity contribution is 0.979. The number of benzene rings is 9. The number of pyridine rings is 2. The minimum atomic E-state index is 0.919. The normalized spacial score (nSPS) is 11.3. The molecule has 0 aliphatic carbocycles. The minimum Gasteiger partial charge on any atom is -0.248 e. The van der Waals surface area contributed by atoms with Crippen molar-refractivity contribution in [2.45, 2.75) is 0 Å². The van der Waals surface area contributed by atoms with Gasteiger partial charge in [0, 0.05) is 33.2 Å². The third-order valence-electron chi connectivity index (χ3n) is 12.8. The molecule has 0 fully saturated rings. The maximum Gasteiger partial charge on any atom is 0.101 e. The SMILES string of the molecule is c1ccc(-c2cc(-c3ccccc3)cc(-c3cc(-c4cccc(-c5ccc6cc(-c7ccccc7)n7nc(-c8ccccc8)c(-c8ccccc8)c7c6c5)c4)cc(-c4ccccc4)n3)c2)cc1. The first-order valence-electron chi connectivity index (χ1n) is 22.8. The van der Waals surface area contributed by atoms with Crippen molar-refractivity contribution in [2.24, 2.45) is 0 Å². The van der Waals surface area contributed by atoms with Crippen molar-refractivity contribution in [3.63, 3.8) is 0 Å². The van der Waals surface area contributed by atoms with Crippen molar-refractivity contribution < 1.29 is 0 Å². The number of hydrogen-bond acceptors (Lipinski definition) is 2. The van der Waals surface area contributed by atoms with Crippen molar-refractivity contribution in [3.05, 3.63) is 261 Å². The number of rotatable bonds is 9. The number of fused-ring (bicyclic) bond motifs is 3. The summed E-state index contributed by atoms with van der Waals surface area (Å²) in [6.07, 6.45) is 0. The van der Waals surface area contributed by atoms with Crippen LogP contribution in [-0.2, 0) is 0 Å². The van der Waals surface area contributed by atoms with E-state index in [2.05, 4.69) is 265 Å². The summed E-state index contributed by atoms with van der Waals surface area (Å²) in [5.74, 6) is 0. The second-order valence-electron chi connectivity index (χ2n) is 17.0. The predicted molar refractivity (Wildman–Crippen MR) is 279 cm³/mol. The van der Waals surface area contributed by atoms with Crippen molar-refractivity contribution in [1.82, 2.24) is 14.6 Å². The van der Waals surface area contributed by atoms with E-state index in [-0.39, 0.29) is 0 Å². The molecule has 314 valence electrons. The van der Waals surface area contributed by atoms with Gasteiger partial charge in [-0.3, -0.25) is 0 Å². The summed E-state index contributed by atoms with van der Waals surface area (Å²) < 4.78 is 2.17. The molecule has 0 bridgehead atoms. The molecule has 0 unspecified atom stereocenters. The standard InChI is InChI=1S/C64H43N3/c1-7-20-44(21-8-1)54-37-55(45-22-9-2-10-23-45)39-57(38-54)60-42-56(41-59(65-60)46-24-11-3-12-25-46)51-33-19-32-50(36-51)52-34-35-53-43-61(47-26-13-4-14-27-47)67-64(58(53)40-52)62(48-28-15-5-16-29-48)63(66-67)49-30-17-6-18-31-49/h1-43H. The molecule has 0 atom stereocenters. The second kappa shape index (κ2) is 17.2. The number of aromatic nitrogens is 3. The molecule has 0 spiro atoms. The van der Waals surface area contributed by atoms with Gasteiger partial charge in [0.15, 0.2) is 0 Å². The average Bonchev–Trinajstić information content (AvgIpc) is 3.83. The maximum atomic E-state index is 5.46. The molecular formula is C64H43N3. The van der Waals surface area contributed by atoms with Crippen molar-refractivity contribution in [1.29, 1.82) is 0 Å². The van der Waals surface area contributed by atoms with Crippen LogP contribution in [-0.4, -0.2) is 14.6 Å². The summed E-state index contributed by atoms with van der Waals surface area (Å²) in [6, 6.07) is 93.1. The Labute approximate surface area is 390 Å². The fraction of sp³-hybridized carbons (Fsp3) is 0. The average molecular weight is 854 g/mol. The lowest BCUT2D eigenvalue weighted by Gasteiger charge is -2.15. The first-order valence-corrected chi connectivity index (χ1v) is 22.8. The molecule has 0 aliphatic rings. The molecule has 9 aromatic carbocycles. The molecule has 0 radical (unpaired) electrons. The molecular weight excluding hydrogens is 811 g/mol. The second-order valence-corrected chi connectivity index (χ2v) is 17.0. The van der Waals surface area contributed by atoms with Crippen LogP contribution in [0.1, 0.15) is 0 Å². The van der Waals surface area contributed by atoms with Crippen LogP contribution in [0.15, 0.2) is 261 Å². The highest BCUT2D eigenvalue weighted by molar-refractivity contribution is 6.09. The quantitative estimate of drug-likeness (QED) is 0.145. The molecule has 3 nitrogen and oxygen atoms in total. The number of hydrogen-bond donors (Lipinski definition) is 0. The Balaban J connectivity index is 1.04. The molecule has 0 saturated carbocycles. The molecule has 67 heavy (non-hydrogen) atoms. The van der Waals surface area contributed by atoms with E-state index in [1.165, 1.54) is 11.1 Å².